The van der Waals surface area contributed by atoms with Gasteiger partial charge in [-0.1, -0.05) is 6.07 Å². The van der Waals surface area contributed by atoms with E-state index in [0.717, 1.165) is 41.2 Å². The number of hydrogen-bond donors (Lipinski definition) is 1. The number of fused-ring (bicyclic) bond motifs is 1. The number of aryl methyl sites for hydroxylation is 1. The summed E-state index contributed by atoms with van der Waals surface area (Å²) in [6.45, 7) is 6.32. The number of anilines is 2. The Labute approximate surface area is 164 Å². The van der Waals surface area contributed by atoms with Crippen LogP contribution in [0.1, 0.15) is 18.2 Å². The third-order valence-corrected chi connectivity index (χ3v) is 4.93. The van der Waals surface area contributed by atoms with Gasteiger partial charge >= 0.3 is 0 Å². The average molecular weight is 373 g/mol. The van der Waals surface area contributed by atoms with Gasteiger partial charge in [0.2, 0.25) is 0 Å². The van der Waals surface area contributed by atoms with Crippen LogP contribution >= 0.6 is 0 Å². The number of morpholine rings is 1. The minimum absolute atomic E-state index is 0.0356. The number of benzene rings is 1. The lowest BCUT2D eigenvalue weighted by Gasteiger charge is -2.38. The van der Waals surface area contributed by atoms with Gasteiger partial charge in [0.15, 0.2) is 0 Å². The highest BCUT2D eigenvalue weighted by atomic mass is 16.5. The fourth-order valence-corrected chi connectivity index (χ4v) is 3.74. The molecular weight excluding hydrogens is 350 g/mol. The molecule has 0 unspecified atom stereocenters. The van der Waals surface area contributed by atoms with Crippen LogP contribution in [0.25, 0.3) is 10.9 Å². The van der Waals surface area contributed by atoms with Crippen molar-refractivity contribution in [3.05, 3.63) is 59.9 Å². The van der Waals surface area contributed by atoms with Gasteiger partial charge in [-0.05, 0) is 50.2 Å². The number of hydrogen-bond acceptors (Lipinski definition) is 6. The lowest BCUT2D eigenvalue weighted by atomic mass is 10.1. The van der Waals surface area contributed by atoms with Crippen LogP contribution in [0.5, 0.6) is 0 Å². The number of aromatic nitrogens is 2. The summed E-state index contributed by atoms with van der Waals surface area (Å²) in [5.41, 5.74) is 3.43. The van der Waals surface area contributed by atoms with Crippen molar-refractivity contribution in [1.82, 2.24) is 9.97 Å². The Kier molecular flexibility index (Phi) is 5.09. The Morgan fingerprint density at radius 2 is 2.11 bits per heavy atom. The van der Waals surface area contributed by atoms with Crippen molar-refractivity contribution in [2.24, 2.45) is 0 Å². The van der Waals surface area contributed by atoms with Gasteiger partial charge in [-0.15, -0.1) is 0 Å². The maximum absolute atomic E-state index is 9.38. The SMILES string of the molecule is Cc1cccc(NC[C@H]2CN(c3ccc(C#N)c4ncccc34)C[C@@H](C)O2)n1. The van der Waals surface area contributed by atoms with E-state index < -0.39 is 0 Å². The highest BCUT2D eigenvalue weighted by Crippen LogP contribution is 2.30. The lowest BCUT2D eigenvalue weighted by molar-refractivity contribution is -0.00823. The van der Waals surface area contributed by atoms with E-state index in [0.29, 0.717) is 12.1 Å². The van der Waals surface area contributed by atoms with Gasteiger partial charge < -0.3 is 15.0 Å². The van der Waals surface area contributed by atoms with Crippen molar-refractivity contribution in [1.29, 1.82) is 5.26 Å². The third-order valence-electron chi connectivity index (χ3n) is 4.93. The first kappa shape index (κ1) is 18.2. The molecule has 3 aromatic rings. The molecule has 2 atom stereocenters. The fourth-order valence-electron chi connectivity index (χ4n) is 3.74. The summed E-state index contributed by atoms with van der Waals surface area (Å²) in [7, 11) is 0. The Morgan fingerprint density at radius 3 is 2.93 bits per heavy atom. The second kappa shape index (κ2) is 7.83. The van der Waals surface area contributed by atoms with E-state index in [9.17, 15) is 5.26 Å². The first-order valence-corrected chi connectivity index (χ1v) is 9.50. The highest BCUT2D eigenvalue weighted by Gasteiger charge is 2.26. The molecule has 1 fully saturated rings. The first-order valence-electron chi connectivity index (χ1n) is 9.50. The molecule has 0 saturated carbocycles. The molecule has 1 aliphatic rings. The van der Waals surface area contributed by atoms with Crippen LogP contribution in [0, 0.1) is 18.3 Å². The van der Waals surface area contributed by atoms with Crippen LogP contribution in [-0.4, -0.2) is 41.8 Å². The summed E-state index contributed by atoms with van der Waals surface area (Å²) in [5, 5.41) is 13.8. The van der Waals surface area contributed by atoms with Gasteiger partial charge in [-0.3, -0.25) is 4.98 Å². The number of pyridine rings is 2. The van der Waals surface area contributed by atoms with Crippen LogP contribution in [-0.2, 0) is 4.74 Å². The molecule has 1 aliphatic heterocycles. The molecule has 0 radical (unpaired) electrons. The van der Waals surface area contributed by atoms with E-state index in [4.69, 9.17) is 4.74 Å². The molecule has 4 rings (SSSR count). The summed E-state index contributed by atoms with van der Waals surface area (Å²) >= 11 is 0. The minimum atomic E-state index is 0.0356. The molecule has 0 spiro atoms. The van der Waals surface area contributed by atoms with E-state index in [1.807, 2.05) is 49.4 Å². The quantitative estimate of drug-likeness (QED) is 0.754. The maximum Gasteiger partial charge on any atom is 0.126 e. The van der Waals surface area contributed by atoms with Gasteiger partial charge in [0, 0.05) is 42.6 Å². The molecule has 2 aromatic heterocycles. The number of nitrogens with zero attached hydrogens (tertiary/aromatic N) is 4. The van der Waals surface area contributed by atoms with E-state index >= 15 is 0 Å². The molecule has 0 amide bonds. The normalized spacial score (nSPS) is 19.4. The van der Waals surface area contributed by atoms with E-state index in [2.05, 4.69) is 33.2 Å². The fraction of sp³-hybridized carbons (Fsp3) is 0.318. The van der Waals surface area contributed by atoms with Crippen LogP contribution in [0.15, 0.2) is 48.7 Å². The van der Waals surface area contributed by atoms with Crippen molar-refractivity contribution >= 4 is 22.4 Å². The minimum Gasteiger partial charge on any atom is -0.370 e. The molecule has 3 heterocycles. The summed E-state index contributed by atoms with van der Waals surface area (Å²) in [4.78, 5) is 11.3. The molecule has 0 aliphatic carbocycles. The van der Waals surface area contributed by atoms with Crippen LogP contribution in [0.3, 0.4) is 0 Å². The smallest absolute Gasteiger partial charge is 0.126 e. The number of rotatable bonds is 4. The largest absolute Gasteiger partial charge is 0.370 e. The van der Waals surface area contributed by atoms with Crippen molar-refractivity contribution in [2.75, 3.05) is 29.9 Å². The third kappa shape index (κ3) is 3.75. The van der Waals surface area contributed by atoms with E-state index in [1.54, 1.807) is 6.20 Å². The second-order valence-corrected chi connectivity index (χ2v) is 7.16. The zero-order chi connectivity index (χ0) is 19.5. The molecule has 1 saturated heterocycles. The monoisotopic (exact) mass is 373 g/mol. The lowest BCUT2D eigenvalue weighted by Crippen LogP contribution is -2.49. The molecule has 6 heteroatoms. The Morgan fingerprint density at radius 1 is 1.21 bits per heavy atom. The summed E-state index contributed by atoms with van der Waals surface area (Å²) in [6, 6.07) is 16.0. The molecule has 0 bridgehead atoms. The average Bonchev–Trinajstić information content (AvgIpc) is 2.71. The van der Waals surface area contributed by atoms with Crippen LogP contribution < -0.4 is 10.2 Å². The Balaban J connectivity index is 1.55. The van der Waals surface area contributed by atoms with Crippen molar-refractivity contribution in [2.45, 2.75) is 26.1 Å². The standard InChI is InChI=1S/C22H23N5O/c1-15-5-3-7-21(26-15)25-12-18-14-27(13-16(2)28-18)20-9-8-17(11-23)22-19(20)6-4-10-24-22/h3-10,16,18H,12-14H2,1-2H3,(H,25,26)/t16-,18+/m1/s1. The zero-order valence-electron chi connectivity index (χ0n) is 16.1. The summed E-state index contributed by atoms with van der Waals surface area (Å²) < 4.78 is 6.15. The number of ether oxygens (including phenoxy) is 1. The molecule has 1 N–H and O–H groups in total. The summed E-state index contributed by atoms with van der Waals surface area (Å²) in [6.07, 6.45) is 1.87. The van der Waals surface area contributed by atoms with Crippen molar-refractivity contribution in [3.8, 4) is 6.07 Å². The molecule has 6 nitrogen and oxygen atoms in total. The van der Waals surface area contributed by atoms with Crippen LogP contribution in [0.4, 0.5) is 11.5 Å². The molecule has 142 valence electrons. The predicted molar refractivity (Wildman–Crippen MR) is 110 cm³/mol. The Bertz CT molecular complexity index is 1030. The zero-order valence-corrected chi connectivity index (χ0v) is 16.1. The maximum atomic E-state index is 9.38. The molecule has 28 heavy (non-hydrogen) atoms. The van der Waals surface area contributed by atoms with E-state index in [-0.39, 0.29) is 12.2 Å². The van der Waals surface area contributed by atoms with E-state index in [1.165, 1.54) is 0 Å². The first-order chi connectivity index (χ1) is 13.6. The number of nitriles is 1. The van der Waals surface area contributed by atoms with Gasteiger partial charge in [-0.25, -0.2) is 4.98 Å². The van der Waals surface area contributed by atoms with Gasteiger partial charge in [-0.2, -0.15) is 5.26 Å². The second-order valence-electron chi connectivity index (χ2n) is 7.16. The van der Waals surface area contributed by atoms with Gasteiger partial charge in [0.25, 0.3) is 0 Å². The molecular formula is C22H23N5O. The topological polar surface area (TPSA) is 74.1 Å². The predicted octanol–water partition coefficient (Wildman–Crippen LogP) is 3.52. The highest BCUT2D eigenvalue weighted by molar-refractivity contribution is 5.95. The van der Waals surface area contributed by atoms with Crippen molar-refractivity contribution in [3.63, 3.8) is 0 Å². The molecule has 1 aromatic carbocycles. The Hall–Kier alpha value is -3.17. The van der Waals surface area contributed by atoms with Gasteiger partial charge in [0.05, 0.1) is 23.3 Å². The van der Waals surface area contributed by atoms with Crippen LogP contribution in [0.2, 0.25) is 0 Å². The van der Waals surface area contributed by atoms with Gasteiger partial charge in [0.1, 0.15) is 11.9 Å². The number of nitrogens with one attached hydrogen (secondary N) is 1. The summed E-state index contributed by atoms with van der Waals surface area (Å²) in [5.74, 6) is 0.862. The van der Waals surface area contributed by atoms with Crippen molar-refractivity contribution < 1.29 is 4.74 Å².